The molecule has 2 N–H and O–H groups in total. The summed E-state index contributed by atoms with van der Waals surface area (Å²) >= 11 is 5.27. The third-order valence-corrected chi connectivity index (χ3v) is 2.08. The van der Waals surface area contributed by atoms with Crippen LogP contribution >= 0.6 is 11.6 Å². The Hall–Kier alpha value is -0.770. The smallest absolute Gasteiger partial charge is 0.234 e. The van der Waals surface area contributed by atoms with Crippen molar-refractivity contribution in [3.05, 3.63) is 0 Å². The molecule has 0 aromatic carbocycles. The highest BCUT2D eigenvalue weighted by molar-refractivity contribution is 6.27. The van der Waals surface area contributed by atoms with Crippen molar-refractivity contribution in [1.29, 1.82) is 0 Å². The normalized spacial score (nSPS) is 10.1. The maximum atomic E-state index is 11.2. The number of alkyl halides is 1. The minimum Gasteiger partial charge on any atom is -0.356 e. The number of carbonyl (C=O) groups excluding carboxylic acids is 2. The van der Waals surface area contributed by atoms with Crippen molar-refractivity contribution in [2.75, 3.05) is 19.0 Å². The Kier molecular flexibility index (Phi) is 8.09. The van der Waals surface area contributed by atoms with Gasteiger partial charge in [-0.05, 0) is 12.3 Å². The average molecular weight is 235 g/mol. The maximum Gasteiger partial charge on any atom is 0.234 e. The van der Waals surface area contributed by atoms with Crippen LogP contribution in [0.1, 0.15) is 26.7 Å². The molecular weight excluding hydrogens is 216 g/mol. The number of halogens is 1. The lowest BCUT2D eigenvalue weighted by atomic mass is 10.1. The van der Waals surface area contributed by atoms with Crippen LogP contribution < -0.4 is 10.6 Å². The Bertz CT molecular complexity index is 208. The Balaban J connectivity index is 3.37. The molecule has 0 radical (unpaired) electrons. The average Bonchev–Trinajstić information content (AvgIpc) is 2.17. The van der Waals surface area contributed by atoms with Gasteiger partial charge in [0.25, 0.3) is 0 Å². The summed E-state index contributed by atoms with van der Waals surface area (Å²) in [4.78, 5) is 21.9. The number of carbonyl (C=O) groups is 2. The summed E-state index contributed by atoms with van der Waals surface area (Å²) in [7, 11) is 0. The van der Waals surface area contributed by atoms with E-state index in [0.717, 1.165) is 6.42 Å². The molecule has 0 aliphatic heterocycles. The second-order valence-electron chi connectivity index (χ2n) is 3.77. The van der Waals surface area contributed by atoms with Crippen LogP contribution in [-0.4, -0.2) is 30.8 Å². The molecular formula is C10H19ClN2O2. The molecule has 2 amide bonds. The van der Waals surface area contributed by atoms with Gasteiger partial charge in [-0.2, -0.15) is 0 Å². The van der Waals surface area contributed by atoms with Gasteiger partial charge in [0.2, 0.25) is 11.8 Å². The van der Waals surface area contributed by atoms with Gasteiger partial charge in [0.1, 0.15) is 5.88 Å². The van der Waals surface area contributed by atoms with Crippen molar-refractivity contribution >= 4 is 23.4 Å². The van der Waals surface area contributed by atoms with Crippen LogP contribution in [0.15, 0.2) is 0 Å². The van der Waals surface area contributed by atoms with E-state index in [4.69, 9.17) is 11.6 Å². The highest BCUT2D eigenvalue weighted by atomic mass is 35.5. The van der Waals surface area contributed by atoms with Crippen LogP contribution in [0.5, 0.6) is 0 Å². The van der Waals surface area contributed by atoms with Crippen molar-refractivity contribution in [3.63, 3.8) is 0 Å². The molecule has 5 heteroatoms. The van der Waals surface area contributed by atoms with Crippen LogP contribution in [-0.2, 0) is 9.59 Å². The molecule has 0 aliphatic carbocycles. The molecule has 0 aromatic rings. The molecule has 0 bridgehead atoms. The summed E-state index contributed by atoms with van der Waals surface area (Å²) in [6.45, 7) is 5.25. The first-order valence-electron chi connectivity index (χ1n) is 5.15. The second-order valence-corrected chi connectivity index (χ2v) is 4.03. The van der Waals surface area contributed by atoms with Gasteiger partial charge < -0.3 is 10.6 Å². The third-order valence-electron chi connectivity index (χ3n) is 1.84. The van der Waals surface area contributed by atoms with E-state index in [1.165, 1.54) is 0 Å². The fourth-order valence-corrected chi connectivity index (χ4v) is 1.05. The van der Waals surface area contributed by atoms with Gasteiger partial charge >= 0.3 is 0 Å². The van der Waals surface area contributed by atoms with Gasteiger partial charge in [0.05, 0.1) is 0 Å². The molecule has 88 valence electrons. The SMILES string of the molecule is CC(C)CCNC(=O)CCNC(=O)CCl. The van der Waals surface area contributed by atoms with E-state index in [9.17, 15) is 9.59 Å². The van der Waals surface area contributed by atoms with Crippen molar-refractivity contribution in [3.8, 4) is 0 Å². The van der Waals surface area contributed by atoms with Crippen LogP contribution in [0.2, 0.25) is 0 Å². The molecule has 0 aromatic heterocycles. The monoisotopic (exact) mass is 234 g/mol. The van der Waals surface area contributed by atoms with E-state index < -0.39 is 0 Å². The molecule has 0 fully saturated rings. The van der Waals surface area contributed by atoms with Crippen molar-refractivity contribution in [2.24, 2.45) is 5.92 Å². The van der Waals surface area contributed by atoms with E-state index in [0.29, 0.717) is 25.4 Å². The molecule has 0 saturated carbocycles. The first kappa shape index (κ1) is 14.2. The minimum atomic E-state index is -0.244. The van der Waals surface area contributed by atoms with Crippen LogP contribution in [0.3, 0.4) is 0 Å². The molecule has 0 rings (SSSR count). The van der Waals surface area contributed by atoms with Crippen molar-refractivity contribution in [1.82, 2.24) is 10.6 Å². The largest absolute Gasteiger partial charge is 0.356 e. The summed E-state index contributed by atoms with van der Waals surface area (Å²) in [5, 5.41) is 5.31. The summed E-state index contributed by atoms with van der Waals surface area (Å²) in [5.74, 6) is 0.244. The number of hydrogen-bond donors (Lipinski definition) is 2. The lowest BCUT2D eigenvalue weighted by molar-refractivity contribution is -0.121. The van der Waals surface area contributed by atoms with Gasteiger partial charge in [-0.3, -0.25) is 9.59 Å². The van der Waals surface area contributed by atoms with E-state index in [1.54, 1.807) is 0 Å². The zero-order chi connectivity index (χ0) is 11.7. The van der Waals surface area contributed by atoms with E-state index >= 15 is 0 Å². The first-order chi connectivity index (χ1) is 7.06. The summed E-state index contributed by atoms with van der Waals surface area (Å²) in [5.41, 5.74) is 0. The Morgan fingerprint density at radius 3 is 2.27 bits per heavy atom. The highest BCUT2D eigenvalue weighted by Gasteiger charge is 2.02. The summed E-state index contributed by atoms with van der Waals surface area (Å²) < 4.78 is 0. The number of hydrogen-bond acceptors (Lipinski definition) is 2. The van der Waals surface area contributed by atoms with Gasteiger partial charge in [0.15, 0.2) is 0 Å². The Morgan fingerprint density at radius 1 is 1.13 bits per heavy atom. The van der Waals surface area contributed by atoms with E-state index in [-0.39, 0.29) is 17.7 Å². The Morgan fingerprint density at radius 2 is 1.73 bits per heavy atom. The predicted molar refractivity (Wildman–Crippen MR) is 60.8 cm³/mol. The minimum absolute atomic E-state index is 0.0366. The lowest BCUT2D eigenvalue weighted by Crippen LogP contribution is -2.31. The van der Waals surface area contributed by atoms with Crippen molar-refractivity contribution < 1.29 is 9.59 Å². The highest BCUT2D eigenvalue weighted by Crippen LogP contribution is 1.96. The summed E-state index contributed by atoms with van der Waals surface area (Å²) in [6, 6.07) is 0. The molecule has 0 aliphatic rings. The number of amides is 2. The fourth-order valence-electron chi connectivity index (χ4n) is 0.951. The molecule has 0 heterocycles. The zero-order valence-corrected chi connectivity index (χ0v) is 10.1. The van der Waals surface area contributed by atoms with Crippen LogP contribution in [0, 0.1) is 5.92 Å². The van der Waals surface area contributed by atoms with Gasteiger partial charge in [-0.1, -0.05) is 13.8 Å². The molecule has 0 atom stereocenters. The second kappa shape index (κ2) is 8.53. The number of nitrogens with one attached hydrogen (secondary N) is 2. The third kappa shape index (κ3) is 9.53. The summed E-state index contributed by atoms with van der Waals surface area (Å²) in [6.07, 6.45) is 1.28. The molecule has 0 saturated heterocycles. The molecule has 15 heavy (non-hydrogen) atoms. The lowest BCUT2D eigenvalue weighted by Gasteiger charge is -2.07. The zero-order valence-electron chi connectivity index (χ0n) is 9.31. The van der Waals surface area contributed by atoms with Crippen molar-refractivity contribution in [2.45, 2.75) is 26.7 Å². The molecule has 0 spiro atoms. The standard InChI is InChI=1S/C10H19ClN2O2/c1-8(2)3-5-12-9(14)4-6-13-10(15)7-11/h8H,3-7H2,1-2H3,(H,12,14)(H,13,15). The fraction of sp³-hybridized carbons (Fsp3) is 0.800. The predicted octanol–water partition coefficient (Wildman–Crippen LogP) is 0.894. The maximum absolute atomic E-state index is 11.2. The van der Waals surface area contributed by atoms with E-state index in [2.05, 4.69) is 24.5 Å². The van der Waals surface area contributed by atoms with E-state index in [1.807, 2.05) is 0 Å². The number of rotatable bonds is 7. The van der Waals surface area contributed by atoms with Gasteiger partial charge in [0, 0.05) is 19.5 Å². The molecule has 4 nitrogen and oxygen atoms in total. The van der Waals surface area contributed by atoms with Gasteiger partial charge in [-0.25, -0.2) is 0 Å². The topological polar surface area (TPSA) is 58.2 Å². The first-order valence-corrected chi connectivity index (χ1v) is 5.69. The van der Waals surface area contributed by atoms with Crippen LogP contribution in [0.25, 0.3) is 0 Å². The molecule has 0 unspecified atom stereocenters. The van der Waals surface area contributed by atoms with Gasteiger partial charge in [-0.15, -0.1) is 11.6 Å². The van der Waals surface area contributed by atoms with Crippen LogP contribution in [0.4, 0.5) is 0 Å². The Labute approximate surface area is 95.7 Å². The quantitative estimate of drug-likeness (QED) is 0.643.